The van der Waals surface area contributed by atoms with E-state index in [0.717, 1.165) is 22.9 Å². The van der Waals surface area contributed by atoms with Crippen LogP contribution in [0, 0.1) is 5.82 Å². The molecule has 0 unspecified atom stereocenters. The van der Waals surface area contributed by atoms with Crippen molar-refractivity contribution in [1.29, 1.82) is 0 Å². The molecule has 2 aromatic rings. The Kier molecular flexibility index (Phi) is 4.41. The topological polar surface area (TPSA) is 12.0 Å². The molecule has 1 fully saturated rings. The van der Waals surface area contributed by atoms with Crippen LogP contribution in [0.3, 0.4) is 0 Å². The summed E-state index contributed by atoms with van der Waals surface area (Å²) < 4.78 is 14.3. The second-order valence-electron chi connectivity index (χ2n) is 5.86. The Morgan fingerprint density at radius 2 is 1.86 bits per heavy atom. The van der Waals surface area contributed by atoms with E-state index in [-0.39, 0.29) is 5.82 Å². The van der Waals surface area contributed by atoms with Crippen LogP contribution in [0.2, 0.25) is 0 Å². The minimum absolute atomic E-state index is 0.132. The number of rotatable bonds is 4. The van der Waals surface area contributed by atoms with Crippen LogP contribution in [0.25, 0.3) is 0 Å². The first-order chi connectivity index (χ1) is 10.1. The molecular formula is C18H19BrFN. The molecule has 1 saturated carbocycles. The third kappa shape index (κ3) is 3.53. The first-order valence-electron chi connectivity index (χ1n) is 7.39. The Bertz CT molecular complexity index is 605. The van der Waals surface area contributed by atoms with E-state index in [9.17, 15) is 4.39 Å². The van der Waals surface area contributed by atoms with Crippen molar-refractivity contribution in [1.82, 2.24) is 5.32 Å². The van der Waals surface area contributed by atoms with Gasteiger partial charge in [-0.2, -0.15) is 0 Å². The van der Waals surface area contributed by atoms with Crippen LogP contribution in [-0.2, 0) is 0 Å². The van der Waals surface area contributed by atoms with E-state index in [1.807, 2.05) is 6.07 Å². The predicted molar refractivity (Wildman–Crippen MR) is 87.9 cm³/mol. The van der Waals surface area contributed by atoms with Gasteiger partial charge >= 0.3 is 0 Å². The standard InChI is InChI=1S/C18H19BrFN/c1-12(13-5-7-16(19)8-6-13)21-18-10-15(11-18)14-3-2-4-17(20)9-14/h2-9,12,15,18,21H,10-11H2,1H3/t12-,15?,18?/m0/s1. The molecule has 3 heteroatoms. The van der Waals surface area contributed by atoms with Gasteiger partial charge in [-0.15, -0.1) is 0 Å². The number of hydrogen-bond donors (Lipinski definition) is 1. The van der Waals surface area contributed by atoms with Crippen molar-refractivity contribution in [2.75, 3.05) is 0 Å². The highest BCUT2D eigenvalue weighted by Crippen LogP contribution is 2.38. The average molecular weight is 348 g/mol. The molecule has 3 rings (SSSR count). The van der Waals surface area contributed by atoms with Crippen LogP contribution < -0.4 is 5.32 Å². The first-order valence-corrected chi connectivity index (χ1v) is 8.18. The number of halogens is 2. The summed E-state index contributed by atoms with van der Waals surface area (Å²) in [6.45, 7) is 2.19. The van der Waals surface area contributed by atoms with E-state index >= 15 is 0 Å². The summed E-state index contributed by atoms with van der Waals surface area (Å²) >= 11 is 3.46. The Balaban J connectivity index is 1.54. The quantitative estimate of drug-likeness (QED) is 0.802. The van der Waals surface area contributed by atoms with Gasteiger partial charge in [-0.3, -0.25) is 0 Å². The fraction of sp³-hybridized carbons (Fsp3) is 0.333. The first kappa shape index (κ1) is 14.7. The minimum atomic E-state index is -0.132. The molecule has 0 amide bonds. The van der Waals surface area contributed by atoms with Crippen molar-refractivity contribution < 1.29 is 4.39 Å². The smallest absolute Gasteiger partial charge is 0.123 e. The van der Waals surface area contributed by atoms with Gasteiger partial charge < -0.3 is 5.32 Å². The molecule has 0 aromatic heterocycles. The lowest BCUT2D eigenvalue weighted by Gasteiger charge is -2.38. The number of benzene rings is 2. The summed E-state index contributed by atoms with van der Waals surface area (Å²) in [6, 6.07) is 16.3. The van der Waals surface area contributed by atoms with Crippen LogP contribution in [0.1, 0.15) is 42.9 Å². The monoisotopic (exact) mass is 347 g/mol. The van der Waals surface area contributed by atoms with Crippen LogP contribution in [0.15, 0.2) is 53.0 Å². The molecule has 0 aliphatic heterocycles. The van der Waals surface area contributed by atoms with E-state index in [1.165, 1.54) is 11.6 Å². The molecule has 1 N–H and O–H groups in total. The highest BCUT2D eigenvalue weighted by Gasteiger charge is 2.31. The summed E-state index contributed by atoms with van der Waals surface area (Å²) in [7, 11) is 0. The molecule has 0 bridgehead atoms. The van der Waals surface area contributed by atoms with Gasteiger partial charge in [0.15, 0.2) is 0 Å². The van der Waals surface area contributed by atoms with Crippen LogP contribution in [-0.4, -0.2) is 6.04 Å². The largest absolute Gasteiger partial charge is 0.307 e. The Hall–Kier alpha value is -1.19. The van der Waals surface area contributed by atoms with Crippen molar-refractivity contribution in [3.8, 4) is 0 Å². The Morgan fingerprint density at radius 3 is 2.52 bits per heavy atom. The van der Waals surface area contributed by atoms with Crippen LogP contribution in [0.4, 0.5) is 4.39 Å². The van der Waals surface area contributed by atoms with Gasteiger partial charge in [0, 0.05) is 16.6 Å². The fourth-order valence-corrected chi connectivity index (χ4v) is 3.25. The van der Waals surface area contributed by atoms with Gasteiger partial charge in [0.25, 0.3) is 0 Å². The van der Waals surface area contributed by atoms with Gasteiger partial charge in [-0.25, -0.2) is 4.39 Å². The van der Waals surface area contributed by atoms with Crippen molar-refractivity contribution in [2.45, 2.75) is 37.8 Å². The van der Waals surface area contributed by atoms with E-state index in [2.05, 4.69) is 52.4 Å². The highest BCUT2D eigenvalue weighted by atomic mass is 79.9. The van der Waals surface area contributed by atoms with E-state index in [1.54, 1.807) is 12.1 Å². The molecule has 0 radical (unpaired) electrons. The molecule has 1 aliphatic rings. The third-order valence-electron chi connectivity index (χ3n) is 4.31. The highest BCUT2D eigenvalue weighted by molar-refractivity contribution is 9.10. The predicted octanol–water partition coefficient (Wildman–Crippen LogP) is 5.19. The molecule has 1 aliphatic carbocycles. The van der Waals surface area contributed by atoms with E-state index in [4.69, 9.17) is 0 Å². The molecule has 0 saturated heterocycles. The second kappa shape index (κ2) is 6.29. The normalized spacial score (nSPS) is 22.6. The van der Waals surface area contributed by atoms with Crippen LogP contribution >= 0.6 is 15.9 Å². The molecule has 0 spiro atoms. The van der Waals surface area contributed by atoms with Gasteiger partial charge in [0.2, 0.25) is 0 Å². The Morgan fingerprint density at radius 1 is 1.14 bits per heavy atom. The zero-order chi connectivity index (χ0) is 14.8. The van der Waals surface area contributed by atoms with Crippen molar-refractivity contribution >= 4 is 15.9 Å². The lowest BCUT2D eigenvalue weighted by Crippen LogP contribution is -2.41. The third-order valence-corrected chi connectivity index (χ3v) is 4.84. The molecule has 0 heterocycles. The average Bonchev–Trinajstić information content (AvgIpc) is 2.43. The van der Waals surface area contributed by atoms with Crippen LogP contribution in [0.5, 0.6) is 0 Å². The maximum Gasteiger partial charge on any atom is 0.123 e. The van der Waals surface area contributed by atoms with E-state index < -0.39 is 0 Å². The zero-order valence-corrected chi connectivity index (χ0v) is 13.6. The summed E-state index contributed by atoms with van der Waals surface area (Å²) in [6.07, 6.45) is 2.18. The SMILES string of the molecule is C[C@H](NC1CC(c2cccc(F)c2)C1)c1ccc(Br)cc1. The minimum Gasteiger partial charge on any atom is -0.307 e. The van der Waals surface area contributed by atoms with E-state index in [0.29, 0.717) is 18.0 Å². The zero-order valence-electron chi connectivity index (χ0n) is 12.0. The second-order valence-corrected chi connectivity index (χ2v) is 6.78. The summed E-state index contributed by atoms with van der Waals surface area (Å²) in [5.74, 6) is 0.363. The van der Waals surface area contributed by atoms with Crippen molar-refractivity contribution in [2.24, 2.45) is 0 Å². The van der Waals surface area contributed by atoms with Gasteiger partial charge in [-0.1, -0.05) is 40.2 Å². The lowest BCUT2D eigenvalue weighted by atomic mass is 9.75. The van der Waals surface area contributed by atoms with Gasteiger partial charge in [0.05, 0.1) is 0 Å². The molecule has 21 heavy (non-hydrogen) atoms. The van der Waals surface area contributed by atoms with Crippen molar-refractivity contribution in [3.05, 3.63) is 69.9 Å². The summed E-state index contributed by atoms with van der Waals surface area (Å²) in [5, 5.41) is 3.66. The van der Waals surface area contributed by atoms with Gasteiger partial charge in [0.1, 0.15) is 5.82 Å². The maximum atomic E-state index is 13.2. The molecule has 2 aromatic carbocycles. The summed E-state index contributed by atoms with van der Waals surface area (Å²) in [5.41, 5.74) is 2.43. The molecule has 110 valence electrons. The fourth-order valence-electron chi connectivity index (χ4n) is 2.99. The molecule has 1 nitrogen and oxygen atoms in total. The number of hydrogen-bond acceptors (Lipinski definition) is 1. The lowest BCUT2D eigenvalue weighted by molar-refractivity contribution is 0.270. The molecular weight excluding hydrogens is 329 g/mol. The Labute approximate surface area is 133 Å². The van der Waals surface area contributed by atoms with Crippen molar-refractivity contribution in [3.63, 3.8) is 0 Å². The maximum absolute atomic E-state index is 13.2. The summed E-state index contributed by atoms with van der Waals surface area (Å²) in [4.78, 5) is 0. The molecule has 1 atom stereocenters. The number of nitrogens with one attached hydrogen (secondary N) is 1. The van der Waals surface area contributed by atoms with Gasteiger partial charge in [-0.05, 0) is 61.1 Å².